The van der Waals surface area contributed by atoms with E-state index >= 15 is 0 Å². The van der Waals surface area contributed by atoms with Crippen LogP contribution in [0.4, 0.5) is 16.3 Å². The molecule has 0 amide bonds. The summed E-state index contributed by atoms with van der Waals surface area (Å²) in [6, 6.07) is 0. The van der Waals surface area contributed by atoms with Crippen molar-refractivity contribution in [1.82, 2.24) is 15.0 Å². The lowest BCUT2D eigenvalue weighted by atomic mass is 9.97. The standard InChI is InChI=1S/C15H20FN5O/c1-2-17-14-19-13(10-4-3-5-11(22)12(10)16)20-15(21-14)18-8-9-6-7-9/h9H,2-8H2,1H3,(H2,17,18,19,20,21). The van der Waals surface area contributed by atoms with Gasteiger partial charge in [-0.2, -0.15) is 15.0 Å². The van der Waals surface area contributed by atoms with Crippen LogP contribution in [0.1, 0.15) is 44.9 Å². The van der Waals surface area contributed by atoms with Crippen LogP contribution in [0.25, 0.3) is 5.57 Å². The van der Waals surface area contributed by atoms with Gasteiger partial charge in [-0.05, 0) is 38.5 Å². The Labute approximate surface area is 128 Å². The van der Waals surface area contributed by atoms with Crippen LogP contribution in [0, 0.1) is 5.92 Å². The fourth-order valence-electron chi connectivity index (χ4n) is 2.41. The molecule has 1 saturated carbocycles. The van der Waals surface area contributed by atoms with E-state index in [2.05, 4.69) is 25.6 Å². The van der Waals surface area contributed by atoms with Gasteiger partial charge >= 0.3 is 0 Å². The monoisotopic (exact) mass is 305 g/mol. The topological polar surface area (TPSA) is 79.8 Å². The third kappa shape index (κ3) is 3.40. The highest BCUT2D eigenvalue weighted by molar-refractivity contribution is 6.01. The molecule has 0 aliphatic heterocycles. The first kappa shape index (κ1) is 14.9. The molecule has 3 rings (SSSR count). The summed E-state index contributed by atoms with van der Waals surface area (Å²) in [6.45, 7) is 3.41. The molecule has 1 aromatic rings. The lowest BCUT2D eigenvalue weighted by Crippen LogP contribution is -2.15. The van der Waals surface area contributed by atoms with Crippen LogP contribution in [0.2, 0.25) is 0 Å². The van der Waals surface area contributed by atoms with Gasteiger partial charge in [0.05, 0.1) is 0 Å². The molecule has 22 heavy (non-hydrogen) atoms. The number of nitrogens with one attached hydrogen (secondary N) is 2. The Morgan fingerprint density at radius 1 is 1.14 bits per heavy atom. The van der Waals surface area contributed by atoms with Gasteiger partial charge in [0, 0.05) is 25.1 Å². The molecule has 7 heteroatoms. The van der Waals surface area contributed by atoms with Gasteiger partial charge in [0.1, 0.15) is 0 Å². The second-order valence-corrected chi connectivity index (χ2v) is 5.73. The second kappa shape index (κ2) is 6.37. The molecule has 6 nitrogen and oxygen atoms in total. The molecule has 0 saturated heterocycles. The number of carbonyl (C=O) groups is 1. The van der Waals surface area contributed by atoms with E-state index in [0.717, 1.165) is 6.54 Å². The summed E-state index contributed by atoms with van der Waals surface area (Å²) in [5, 5.41) is 6.20. The predicted molar refractivity (Wildman–Crippen MR) is 82.1 cm³/mol. The highest BCUT2D eigenvalue weighted by Gasteiger charge is 2.25. The Balaban J connectivity index is 1.90. The Kier molecular flexibility index (Phi) is 4.31. The molecule has 2 aliphatic carbocycles. The molecule has 2 aliphatic rings. The molecule has 0 spiro atoms. The zero-order chi connectivity index (χ0) is 15.5. The average Bonchev–Trinajstić information content (AvgIpc) is 3.32. The van der Waals surface area contributed by atoms with Crippen LogP contribution >= 0.6 is 0 Å². The van der Waals surface area contributed by atoms with Crippen LogP contribution < -0.4 is 10.6 Å². The number of allylic oxidation sites excluding steroid dienone is 2. The molecule has 1 heterocycles. The van der Waals surface area contributed by atoms with E-state index in [4.69, 9.17) is 0 Å². The lowest BCUT2D eigenvalue weighted by Gasteiger charge is -2.15. The molecule has 0 radical (unpaired) electrons. The summed E-state index contributed by atoms with van der Waals surface area (Å²) in [6.07, 6.45) is 3.82. The zero-order valence-electron chi connectivity index (χ0n) is 12.7. The average molecular weight is 305 g/mol. The van der Waals surface area contributed by atoms with Gasteiger partial charge in [-0.1, -0.05) is 0 Å². The highest BCUT2D eigenvalue weighted by atomic mass is 19.1. The van der Waals surface area contributed by atoms with E-state index in [9.17, 15) is 9.18 Å². The SMILES string of the molecule is CCNc1nc(NCC2CC2)nc(C2=C(F)C(=O)CCC2)n1. The fourth-order valence-corrected chi connectivity index (χ4v) is 2.41. The zero-order valence-corrected chi connectivity index (χ0v) is 12.7. The van der Waals surface area contributed by atoms with Crippen molar-refractivity contribution in [2.75, 3.05) is 23.7 Å². The normalized spacial score (nSPS) is 18.5. The predicted octanol–water partition coefficient (Wildman–Crippen LogP) is 2.56. The van der Waals surface area contributed by atoms with E-state index in [-0.39, 0.29) is 12.2 Å². The van der Waals surface area contributed by atoms with Gasteiger partial charge in [0.25, 0.3) is 0 Å². The van der Waals surface area contributed by atoms with Crippen molar-refractivity contribution in [1.29, 1.82) is 0 Å². The number of hydrogen-bond donors (Lipinski definition) is 2. The number of aromatic nitrogens is 3. The second-order valence-electron chi connectivity index (χ2n) is 5.73. The molecule has 0 bridgehead atoms. The smallest absolute Gasteiger partial charge is 0.228 e. The van der Waals surface area contributed by atoms with Crippen molar-refractivity contribution in [3.05, 3.63) is 11.7 Å². The molecule has 1 aromatic heterocycles. The number of nitrogens with zero attached hydrogens (tertiary/aromatic N) is 3. The summed E-state index contributed by atoms with van der Waals surface area (Å²) in [5.74, 6) is 0.618. The Morgan fingerprint density at radius 3 is 2.55 bits per heavy atom. The maximum atomic E-state index is 14.1. The van der Waals surface area contributed by atoms with Crippen molar-refractivity contribution < 1.29 is 9.18 Å². The van der Waals surface area contributed by atoms with E-state index in [1.54, 1.807) is 0 Å². The van der Waals surface area contributed by atoms with Gasteiger partial charge in [0.2, 0.25) is 11.9 Å². The molecule has 0 unspecified atom stereocenters. The third-order valence-electron chi connectivity index (χ3n) is 3.83. The quantitative estimate of drug-likeness (QED) is 0.841. The van der Waals surface area contributed by atoms with Crippen LogP contribution in [-0.2, 0) is 4.79 Å². The van der Waals surface area contributed by atoms with E-state index in [0.29, 0.717) is 42.8 Å². The Bertz CT molecular complexity index is 612. The number of carbonyl (C=O) groups excluding carboxylic acids is 1. The minimum Gasteiger partial charge on any atom is -0.354 e. The first-order valence-electron chi connectivity index (χ1n) is 7.83. The maximum absolute atomic E-state index is 14.1. The van der Waals surface area contributed by atoms with Gasteiger partial charge in [-0.15, -0.1) is 0 Å². The molecular weight excluding hydrogens is 285 g/mol. The van der Waals surface area contributed by atoms with E-state index in [1.807, 2.05) is 6.92 Å². The van der Waals surface area contributed by atoms with Crippen molar-refractivity contribution in [2.45, 2.75) is 39.0 Å². The first-order valence-corrected chi connectivity index (χ1v) is 7.83. The fraction of sp³-hybridized carbons (Fsp3) is 0.600. The van der Waals surface area contributed by atoms with Crippen molar-refractivity contribution >= 4 is 23.3 Å². The van der Waals surface area contributed by atoms with Gasteiger partial charge in [-0.25, -0.2) is 4.39 Å². The van der Waals surface area contributed by atoms with Gasteiger partial charge in [0.15, 0.2) is 17.4 Å². The van der Waals surface area contributed by atoms with Crippen molar-refractivity contribution in [3.63, 3.8) is 0 Å². The van der Waals surface area contributed by atoms with Crippen LogP contribution in [0.15, 0.2) is 5.83 Å². The Morgan fingerprint density at radius 2 is 1.86 bits per heavy atom. The maximum Gasteiger partial charge on any atom is 0.228 e. The summed E-state index contributed by atoms with van der Waals surface area (Å²) in [7, 11) is 0. The highest BCUT2D eigenvalue weighted by Crippen LogP contribution is 2.31. The lowest BCUT2D eigenvalue weighted by molar-refractivity contribution is -0.117. The first-order chi connectivity index (χ1) is 10.7. The van der Waals surface area contributed by atoms with Gasteiger partial charge in [-0.3, -0.25) is 4.79 Å². The van der Waals surface area contributed by atoms with Crippen molar-refractivity contribution in [3.8, 4) is 0 Å². The van der Waals surface area contributed by atoms with Crippen LogP contribution in [0.5, 0.6) is 0 Å². The summed E-state index contributed by atoms with van der Waals surface area (Å²) in [4.78, 5) is 24.4. The molecule has 0 atom stereocenters. The van der Waals surface area contributed by atoms with Gasteiger partial charge < -0.3 is 10.6 Å². The summed E-state index contributed by atoms with van der Waals surface area (Å²) >= 11 is 0. The minimum atomic E-state index is -0.701. The number of ketones is 1. The largest absolute Gasteiger partial charge is 0.354 e. The molecule has 1 fully saturated rings. The Hall–Kier alpha value is -2.05. The number of halogens is 1. The van der Waals surface area contributed by atoms with Crippen LogP contribution in [0.3, 0.4) is 0 Å². The minimum absolute atomic E-state index is 0.257. The number of anilines is 2. The van der Waals surface area contributed by atoms with E-state index in [1.165, 1.54) is 12.8 Å². The van der Waals surface area contributed by atoms with E-state index < -0.39 is 11.6 Å². The molecular formula is C15H20FN5O. The molecule has 2 N–H and O–H groups in total. The van der Waals surface area contributed by atoms with Crippen molar-refractivity contribution in [2.24, 2.45) is 5.92 Å². The molecule has 118 valence electrons. The van der Waals surface area contributed by atoms with Crippen LogP contribution in [-0.4, -0.2) is 33.8 Å². The number of Topliss-reactive ketones (excluding diaryl/α,β-unsaturated/α-hetero) is 1. The number of rotatable bonds is 6. The number of hydrogen-bond acceptors (Lipinski definition) is 6. The summed E-state index contributed by atoms with van der Waals surface area (Å²) < 4.78 is 14.1. The molecule has 0 aromatic carbocycles. The third-order valence-corrected chi connectivity index (χ3v) is 3.83. The summed E-state index contributed by atoms with van der Waals surface area (Å²) in [5.41, 5.74) is 0.298.